The van der Waals surface area contributed by atoms with Gasteiger partial charge in [0, 0.05) is 36.1 Å². The molecule has 0 aliphatic heterocycles. The third-order valence-electron chi connectivity index (χ3n) is 5.50. The van der Waals surface area contributed by atoms with Crippen LogP contribution < -0.4 is 5.32 Å². The zero-order chi connectivity index (χ0) is 24.3. The van der Waals surface area contributed by atoms with E-state index in [2.05, 4.69) is 5.32 Å². The summed E-state index contributed by atoms with van der Waals surface area (Å²) >= 11 is 1.66. The first kappa shape index (κ1) is 25.6. The van der Waals surface area contributed by atoms with Crippen LogP contribution >= 0.6 is 11.8 Å². The molecule has 0 unspecified atom stereocenters. The standard InChI is InChI=1S/C29H34N2O2S/c1-22(2)30-29(33)27(20-24-10-6-4-7-11-24)31(21-25-16-14-23(3)15-17-25)28(32)18-19-34-26-12-8-5-9-13-26/h4-17,22,27H,18-21H2,1-3H3,(H,30,33)/t27-/m1/s1. The Morgan fingerprint density at radius 2 is 1.47 bits per heavy atom. The first-order valence-electron chi connectivity index (χ1n) is 11.8. The highest BCUT2D eigenvalue weighted by molar-refractivity contribution is 7.99. The summed E-state index contributed by atoms with van der Waals surface area (Å²) in [7, 11) is 0. The van der Waals surface area contributed by atoms with Gasteiger partial charge in [0.15, 0.2) is 0 Å². The smallest absolute Gasteiger partial charge is 0.243 e. The van der Waals surface area contributed by atoms with E-state index in [-0.39, 0.29) is 17.9 Å². The second-order valence-corrected chi connectivity index (χ2v) is 9.96. The van der Waals surface area contributed by atoms with Gasteiger partial charge in [-0.15, -0.1) is 11.8 Å². The number of hydrogen-bond acceptors (Lipinski definition) is 3. The number of carbonyl (C=O) groups excluding carboxylic acids is 2. The van der Waals surface area contributed by atoms with Crippen LogP contribution in [0.3, 0.4) is 0 Å². The molecule has 0 aromatic heterocycles. The number of benzene rings is 3. The Bertz CT molecular complexity index is 1040. The summed E-state index contributed by atoms with van der Waals surface area (Å²) in [6, 6.07) is 27.6. The molecule has 5 heteroatoms. The van der Waals surface area contributed by atoms with Crippen LogP contribution in [-0.4, -0.2) is 34.6 Å². The number of hydrogen-bond donors (Lipinski definition) is 1. The van der Waals surface area contributed by atoms with Crippen molar-refractivity contribution in [2.75, 3.05) is 5.75 Å². The molecule has 1 N–H and O–H groups in total. The van der Waals surface area contributed by atoms with Crippen molar-refractivity contribution in [3.05, 3.63) is 102 Å². The average molecular weight is 475 g/mol. The topological polar surface area (TPSA) is 49.4 Å². The second kappa shape index (κ2) is 13.0. The van der Waals surface area contributed by atoms with Crippen LogP contribution in [0.4, 0.5) is 0 Å². The van der Waals surface area contributed by atoms with E-state index in [1.807, 2.05) is 106 Å². The minimum atomic E-state index is -0.583. The van der Waals surface area contributed by atoms with E-state index in [1.165, 1.54) is 5.56 Å². The van der Waals surface area contributed by atoms with Crippen LogP contribution in [0, 0.1) is 6.92 Å². The molecule has 3 rings (SSSR count). The van der Waals surface area contributed by atoms with Crippen molar-refractivity contribution in [1.82, 2.24) is 10.2 Å². The summed E-state index contributed by atoms with van der Waals surface area (Å²) in [4.78, 5) is 29.8. The highest BCUT2D eigenvalue weighted by Crippen LogP contribution is 2.21. The summed E-state index contributed by atoms with van der Waals surface area (Å²) in [5.41, 5.74) is 3.22. The summed E-state index contributed by atoms with van der Waals surface area (Å²) in [6.07, 6.45) is 0.842. The molecule has 0 aliphatic rings. The predicted octanol–water partition coefficient (Wildman–Crippen LogP) is 5.64. The molecule has 0 fully saturated rings. The zero-order valence-electron chi connectivity index (χ0n) is 20.2. The fourth-order valence-corrected chi connectivity index (χ4v) is 4.60. The highest BCUT2D eigenvalue weighted by atomic mass is 32.2. The fraction of sp³-hybridized carbons (Fsp3) is 0.310. The monoisotopic (exact) mass is 474 g/mol. The summed E-state index contributed by atoms with van der Waals surface area (Å²) in [6.45, 7) is 6.33. The number of thioether (sulfide) groups is 1. The molecule has 0 spiro atoms. The number of aryl methyl sites for hydroxylation is 1. The Kier molecular flexibility index (Phi) is 9.77. The molecule has 4 nitrogen and oxygen atoms in total. The normalized spacial score (nSPS) is 11.8. The number of carbonyl (C=O) groups is 2. The molecular weight excluding hydrogens is 440 g/mol. The Morgan fingerprint density at radius 3 is 2.09 bits per heavy atom. The Morgan fingerprint density at radius 1 is 0.853 bits per heavy atom. The second-order valence-electron chi connectivity index (χ2n) is 8.79. The maximum atomic E-state index is 13.6. The SMILES string of the molecule is Cc1ccc(CN(C(=O)CCSc2ccccc2)[C@H](Cc2ccccc2)C(=O)NC(C)C)cc1. The zero-order valence-corrected chi connectivity index (χ0v) is 21.1. The lowest BCUT2D eigenvalue weighted by Crippen LogP contribution is -2.51. The quantitative estimate of drug-likeness (QED) is 0.366. The molecule has 178 valence electrons. The maximum Gasteiger partial charge on any atom is 0.243 e. The van der Waals surface area contributed by atoms with Gasteiger partial charge in [-0.1, -0.05) is 78.4 Å². The van der Waals surface area contributed by atoms with E-state index in [0.29, 0.717) is 25.1 Å². The number of rotatable bonds is 11. The minimum Gasteiger partial charge on any atom is -0.352 e. The molecule has 0 heterocycles. The van der Waals surface area contributed by atoms with Crippen molar-refractivity contribution >= 4 is 23.6 Å². The van der Waals surface area contributed by atoms with Crippen LogP contribution in [-0.2, 0) is 22.6 Å². The van der Waals surface area contributed by atoms with Crippen LogP contribution in [0.5, 0.6) is 0 Å². The number of nitrogens with zero attached hydrogens (tertiary/aromatic N) is 1. The third kappa shape index (κ3) is 8.07. The van der Waals surface area contributed by atoms with Crippen molar-refractivity contribution in [3.8, 4) is 0 Å². The van der Waals surface area contributed by atoms with Gasteiger partial charge in [0.05, 0.1) is 0 Å². The lowest BCUT2D eigenvalue weighted by Gasteiger charge is -2.32. The van der Waals surface area contributed by atoms with E-state index >= 15 is 0 Å². The van der Waals surface area contributed by atoms with Gasteiger partial charge in [-0.05, 0) is 44.0 Å². The van der Waals surface area contributed by atoms with E-state index in [4.69, 9.17) is 0 Å². The van der Waals surface area contributed by atoms with E-state index in [1.54, 1.807) is 16.7 Å². The van der Waals surface area contributed by atoms with Gasteiger partial charge in [-0.3, -0.25) is 9.59 Å². The lowest BCUT2D eigenvalue weighted by atomic mass is 10.0. The summed E-state index contributed by atoms with van der Waals surface area (Å²) < 4.78 is 0. The van der Waals surface area contributed by atoms with Crippen LogP contribution in [0.1, 0.15) is 37.0 Å². The van der Waals surface area contributed by atoms with E-state index < -0.39 is 6.04 Å². The minimum absolute atomic E-state index is 0.00395. The molecule has 3 aromatic rings. The number of nitrogens with one attached hydrogen (secondary N) is 1. The molecular formula is C29H34N2O2S. The first-order chi connectivity index (χ1) is 16.4. The van der Waals surface area contributed by atoms with Gasteiger partial charge in [-0.25, -0.2) is 0 Å². The molecule has 1 atom stereocenters. The molecule has 2 amide bonds. The van der Waals surface area contributed by atoms with Gasteiger partial charge in [0.1, 0.15) is 6.04 Å². The third-order valence-corrected chi connectivity index (χ3v) is 6.52. The largest absolute Gasteiger partial charge is 0.352 e. The molecule has 0 radical (unpaired) electrons. The Labute approximate surface area is 207 Å². The van der Waals surface area contributed by atoms with Crippen LogP contribution in [0.25, 0.3) is 0 Å². The van der Waals surface area contributed by atoms with Crippen molar-refractivity contribution in [2.45, 2.75) is 57.1 Å². The molecule has 0 saturated carbocycles. The molecule has 34 heavy (non-hydrogen) atoms. The maximum absolute atomic E-state index is 13.6. The fourth-order valence-electron chi connectivity index (χ4n) is 3.74. The summed E-state index contributed by atoms with van der Waals surface area (Å²) in [5.74, 6) is 0.538. The van der Waals surface area contributed by atoms with Gasteiger partial charge in [0.25, 0.3) is 0 Å². The van der Waals surface area contributed by atoms with E-state index in [9.17, 15) is 9.59 Å². The van der Waals surface area contributed by atoms with Gasteiger partial charge < -0.3 is 10.2 Å². The predicted molar refractivity (Wildman–Crippen MR) is 141 cm³/mol. The van der Waals surface area contributed by atoms with Crippen molar-refractivity contribution < 1.29 is 9.59 Å². The molecule has 0 aliphatic carbocycles. The molecule has 0 bridgehead atoms. The van der Waals surface area contributed by atoms with Crippen molar-refractivity contribution in [1.29, 1.82) is 0 Å². The van der Waals surface area contributed by atoms with Crippen LogP contribution in [0.15, 0.2) is 89.8 Å². The van der Waals surface area contributed by atoms with Crippen molar-refractivity contribution in [2.24, 2.45) is 0 Å². The molecule has 0 saturated heterocycles. The highest BCUT2D eigenvalue weighted by Gasteiger charge is 2.30. The first-order valence-corrected chi connectivity index (χ1v) is 12.8. The van der Waals surface area contributed by atoms with Gasteiger partial charge >= 0.3 is 0 Å². The lowest BCUT2D eigenvalue weighted by molar-refractivity contribution is -0.141. The van der Waals surface area contributed by atoms with E-state index in [0.717, 1.165) is 16.0 Å². The van der Waals surface area contributed by atoms with Crippen molar-refractivity contribution in [3.63, 3.8) is 0 Å². The Balaban J connectivity index is 1.84. The van der Waals surface area contributed by atoms with Gasteiger partial charge in [-0.2, -0.15) is 0 Å². The summed E-state index contributed by atoms with van der Waals surface area (Å²) in [5, 5.41) is 3.04. The molecule has 3 aromatic carbocycles. The number of amides is 2. The average Bonchev–Trinajstić information content (AvgIpc) is 2.83. The van der Waals surface area contributed by atoms with Crippen LogP contribution in [0.2, 0.25) is 0 Å². The Hall–Kier alpha value is -3.05. The van der Waals surface area contributed by atoms with Gasteiger partial charge in [0.2, 0.25) is 11.8 Å².